The van der Waals surface area contributed by atoms with E-state index in [2.05, 4.69) is 0 Å². The van der Waals surface area contributed by atoms with Gasteiger partial charge in [0.1, 0.15) is 0 Å². The van der Waals surface area contributed by atoms with Crippen LogP contribution in [0.4, 0.5) is 0 Å². The molecule has 0 aliphatic carbocycles. The zero-order chi connectivity index (χ0) is 17.5. The number of benzene rings is 1. The first-order chi connectivity index (χ1) is 11.3. The summed E-state index contributed by atoms with van der Waals surface area (Å²) in [5, 5.41) is 0. The van der Waals surface area contributed by atoms with Crippen molar-refractivity contribution in [2.75, 3.05) is 33.4 Å². The number of likely N-dealkylation sites (N-methyl/N-ethyl adjacent to an activating group) is 1. The topological polar surface area (TPSA) is 110 Å². The van der Waals surface area contributed by atoms with Crippen molar-refractivity contribution in [2.45, 2.75) is 10.9 Å². The Hall–Kier alpha value is -1.97. The molecule has 2 amide bonds. The molecule has 9 heteroatoms. The fourth-order valence-corrected chi connectivity index (χ4v) is 4.52. The molecule has 0 unspecified atom stereocenters. The van der Waals surface area contributed by atoms with Gasteiger partial charge in [0.15, 0.2) is 0 Å². The van der Waals surface area contributed by atoms with Crippen molar-refractivity contribution in [1.82, 2.24) is 9.21 Å². The van der Waals surface area contributed by atoms with Crippen molar-refractivity contribution < 1.29 is 22.7 Å². The van der Waals surface area contributed by atoms with E-state index in [1.54, 1.807) is 11.9 Å². The lowest BCUT2D eigenvalue weighted by molar-refractivity contribution is -0.133. The van der Waals surface area contributed by atoms with Gasteiger partial charge in [-0.2, -0.15) is 4.31 Å². The summed E-state index contributed by atoms with van der Waals surface area (Å²) in [7, 11) is -2.10. The zero-order valence-electron chi connectivity index (χ0n) is 13.2. The van der Waals surface area contributed by atoms with Crippen molar-refractivity contribution in [3.05, 3.63) is 29.8 Å². The van der Waals surface area contributed by atoms with Gasteiger partial charge in [0.05, 0.1) is 30.1 Å². The molecular formula is C15H19N3O5S. The van der Waals surface area contributed by atoms with E-state index in [1.807, 2.05) is 0 Å². The molecule has 0 spiro atoms. The van der Waals surface area contributed by atoms with Crippen molar-refractivity contribution in [1.29, 1.82) is 0 Å². The van der Waals surface area contributed by atoms with E-state index in [9.17, 15) is 18.0 Å². The summed E-state index contributed by atoms with van der Waals surface area (Å²) in [6.45, 7) is 0.788. The number of primary amides is 1. The summed E-state index contributed by atoms with van der Waals surface area (Å²) in [6.07, 6.45) is 0. The Kier molecular flexibility index (Phi) is 4.33. The van der Waals surface area contributed by atoms with Gasteiger partial charge < -0.3 is 15.4 Å². The Balaban J connectivity index is 1.92. The van der Waals surface area contributed by atoms with Crippen LogP contribution in [-0.2, 0) is 19.6 Å². The number of carbonyl (C=O) groups excluding carboxylic acids is 2. The molecule has 2 N–H and O–H groups in total. The normalized spacial score (nSPS) is 25.4. The van der Waals surface area contributed by atoms with E-state index in [0.717, 1.165) is 0 Å². The summed E-state index contributed by atoms with van der Waals surface area (Å²) < 4.78 is 32.6. The molecule has 2 heterocycles. The largest absolute Gasteiger partial charge is 0.378 e. The summed E-state index contributed by atoms with van der Waals surface area (Å²) in [6, 6.07) is 5.17. The molecule has 1 aromatic rings. The second-order valence-electron chi connectivity index (χ2n) is 6.05. The van der Waals surface area contributed by atoms with Gasteiger partial charge in [0.2, 0.25) is 21.8 Å². The van der Waals surface area contributed by atoms with Gasteiger partial charge in [-0.25, -0.2) is 8.42 Å². The molecule has 2 aliphatic rings. The van der Waals surface area contributed by atoms with Crippen molar-refractivity contribution in [3.63, 3.8) is 0 Å². The minimum Gasteiger partial charge on any atom is -0.378 e. The highest BCUT2D eigenvalue weighted by Crippen LogP contribution is 2.25. The van der Waals surface area contributed by atoms with Gasteiger partial charge in [0.25, 0.3) is 0 Å². The minimum atomic E-state index is -3.77. The average Bonchev–Trinajstić information content (AvgIpc) is 2.73. The Morgan fingerprint density at radius 2 is 1.88 bits per heavy atom. The molecule has 1 aromatic carbocycles. The van der Waals surface area contributed by atoms with Crippen LogP contribution in [0.15, 0.2) is 29.2 Å². The van der Waals surface area contributed by atoms with Gasteiger partial charge in [-0.1, -0.05) is 0 Å². The van der Waals surface area contributed by atoms with Crippen molar-refractivity contribution in [3.8, 4) is 0 Å². The quantitative estimate of drug-likeness (QED) is 0.770. The number of nitrogens with zero attached hydrogens (tertiary/aromatic N) is 2. The number of hydrogen-bond acceptors (Lipinski definition) is 5. The Morgan fingerprint density at radius 3 is 2.50 bits per heavy atom. The number of amides is 2. The first-order valence-corrected chi connectivity index (χ1v) is 8.99. The SMILES string of the molecule is CN1C(=O)[C@H]2COC[C@@H]1CN(S(=O)(=O)c1ccc(C(N)=O)cc1)C2. The number of carbonyl (C=O) groups is 2. The smallest absolute Gasteiger partial charge is 0.248 e. The molecule has 2 bridgehead atoms. The number of ether oxygens (including phenoxy) is 1. The van der Waals surface area contributed by atoms with E-state index < -0.39 is 21.8 Å². The van der Waals surface area contributed by atoms with E-state index in [1.165, 1.54) is 28.6 Å². The van der Waals surface area contributed by atoms with Crippen LogP contribution in [0.3, 0.4) is 0 Å². The fourth-order valence-electron chi connectivity index (χ4n) is 3.00. The van der Waals surface area contributed by atoms with Gasteiger partial charge in [0, 0.05) is 25.7 Å². The maximum atomic E-state index is 12.9. The van der Waals surface area contributed by atoms with E-state index in [0.29, 0.717) is 6.61 Å². The summed E-state index contributed by atoms with van der Waals surface area (Å²) in [5.41, 5.74) is 5.41. The second-order valence-corrected chi connectivity index (χ2v) is 7.99. The van der Waals surface area contributed by atoms with Crippen LogP contribution in [0.1, 0.15) is 10.4 Å². The monoisotopic (exact) mass is 353 g/mol. The van der Waals surface area contributed by atoms with Gasteiger partial charge in [-0.3, -0.25) is 9.59 Å². The molecule has 24 heavy (non-hydrogen) atoms. The maximum Gasteiger partial charge on any atom is 0.248 e. The first-order valence-electron chi connectivity index (χ1n) is 7.55. The molecule has 2 aliphatic heterocycles. The Labute approximate surface area is 140 Å². The van der Waals surface area contributed by atoms with Crippen LogP contribution in [0.5, 0.6) is 0 Å². The number of nitrogens with two attached hydrogens (primary N) is 1. The highest BCUT2D eigenvalue weighted by molar-refractivity contribution is 7.89. The summed E-state index contributed by atoms with van der Waals surface area (Å²) >= 11 is 0. The Morgan fingerprint density at radius 1 is 1.21 bits per heavy atom. The predicted molar refractivity (Wildman–Crippen MR) is 84.6 cm³/mol. The van der Waals surface area contributed by atoms with Gasteiger partial charge >= 0.3 is 0 Å². The molecule has 2 saturated heterocycles. The molecule has 2 fully saturated rings. The first kappa shape index (κ1) is 16.9. The lowest BCUT2D eigenvalue weighted by atomic mass is 10.1. The van der Waals surface area contributed by atoms with Crippen molar-refractivity contribution in [2.24, 2.45) is 11.7 Å². The predicted octanol–water partition coefficient (Wildman–Crippen LogP) is -0.737. The summed E-state index contributed by atoms with van der Waals surface area (Å²) in [5.74, 6) is -1.23. The Bertz CT molecular complexity index is 762. The number of fused-ring (bicyclic) bond motifs is 3. The molecule has 3 rings (SSSR count). The molecule has 2 atom stereocenters. The molecule has 0 aromatic heterocycles. The standard InChI is InChI=1S/C15H19N3O5S/c1-17-12-7-18(6-11(15(17)20)8-23-9-12)24(21,22)13-4-2-10(3-5-13)14(16)19/h2-5,11-12H,6-9H2,1H3,(H2,16,19)/t11-,12+/m1/s1. The molecule has 8 nitrogen and oxygen atoms in total. The average molecular weight is 353 g/mol. The molecule has 0 saturated carbocycles. The van der Waals surface area contributed by atoms with Crippen LogP contribution in [0, 0.1) is 5.92 Å². The van der Waals surface area contributed by atoms with Crippen LogP contribution in [0.2, 0.25) is 0 Å². The number of hydrogen-bond donors (Lipinski definition) is 1. The number of sulfonamides is 1. The lowest BCUT2D eigenvalue weighted by Gasteiger charge is -2.28. The highest BCUT2D eigenvalue weighted by atomic mass is 32.2. The zero-order valence-corrected chi connectivity index (χ0v) is 14.0. The second kappa shape index (κ2) is 6.15. The van der Waals surface area contributed by atoms with Gasteiger partial charge in [-0.05, 0) is 24.3 Å². The third-order valence-electron chi connectivity index (χ3n) is 4.49. The van der Waals surface area contributed by atoms with Crippen LogP contribution in [-0.4, -0.2) is 68.8 Å². The van der Waals surface area contributed by atoms with Crippen LogP contribution < -0.4 is 5.73 Å². The maximum absolute atomic E-state index is 12.9. The van der Waals surface area contributed by atoms with Crippen LogP contribution >= 0.6 is 0 Å². The number of rotatable bonds is 3. The third-order valence-corrected chi connectivity index (χ3v) is 6.33. The summed E-state index contributed by atoms with van der Waals surface area (Å²) in [4.78, 5) is 25.1. The van der Waals surface area contributed by atoms with E-state index >= 15 is 0 Å². The fraction of sp³-hybridized carbons (Fsp3) is 0.467. The third kappa shape index (κ3) is 2.90. The van der Waals surface area contributed by atoms with Gasteiger partial charge in [-0.15, -0.1) is 0 Å². The lowest BCUT2D eigenvalue weighted by Crippen LogP contribution is -2.45. The molecular weight excluding hydrogens is 334 g/mol. The molecule has 0 radical (unpaired) electrons. The van der Waals surface area contributed by atoms with Crippen LogP contribution in [0.25, 0.3) is 0 Å². The van der Waals surface area contributed by atoms with E-state index in [4.69, 9.17) is 10.5 Å². The van der Waals surface area contributed by atoms with Crippen molar-refractivity contribution >= 4 is 21.8 Å². The highest BCUT2D eigenvalue weighted by Gasteiger charge is 2.41. The van der Waals surface area contributed by atoms with E-state index in [-0.39, 0.29) is 42.1 Å². The molecule has 130 valence electrons. The minimum absolute atomic E-state index is 0.0727.